The van der Waals surface area contributed by atoms with E-state index >= 15 is 0 Å². The van der Waals surface area contributed by atoms with Crippen LogP contribution in [0.15, 0.2) is 24.3 Å². The zero-order valence-electron chi connectivity index (χ0n) is 11.4. The van der Waals surface area contributed by atoms with Crippen LogP contribution in [0.5, 0.6) is 0 Å². The summed E-state index contributed by atoms with van der Waals surface area (Å²) in [7, 11) is 1.69. The molecule has 0 bridgehead atoms. The van der Waals surface area contributed by atoms with Crippen molar-refractivity contribution in [3.05, 3.63) is 35.4 Å². The number of benzene rings is 1. The lowest BCUT2D eigenvalue weighted by Gasteiger charge is -2.35. The highest BCUT2D eigenvalue weighted by Crippen LogP contribution is 2.26. The molecule has 0 aliphatic heterocycles. The van der Waals surface area contributed by atoms with Gasteiger partial charge in [0.2, 0.25) is 0 Å². The molecule has 1 unspecified atom stereocenters. The fourth-order valence-corrected chi connectivity index (χ4v) is 2.39. The Bertz CT molecular complexity index is 334. The van der Waals surface area contributed by atoms with E-state index in [1.165, 1.54) is 11.1 Å². The molecule has 2 nitrogen and oxygen atoms in total. The molecule has 2 heteroatoms. The van der Waals surface area contributed by atoms with Gasteiger partial charge in [0.05, 0.1) is 11.7 Å². The van der Waals surface area contributed by atoms with Crippen LogP contribution in [0.2, 0.25) is 0 Å². The summed E-state index contributed by atoms with van der Waals surface area (Å²) in [6, 6.07) is 8.28. The third kappa shape index (κ3) is 3.30. The van der Waals surface area contributed by atoms with Crippen molar-refractivity contribution in [1.29, 1.82) is 0 Å². The van der Waals surface area contributed by atoms with Crippen LogP contribution in [-0.2, 0) is 11.2 Å². The van der Waals surface area contributed by atoms with E-state index in [1.54, 1.807) is 7.11 Å². The van der Waals surface area contributed by atoms with E-state index in [0.717, 1.165) is 12.8 Å². The minimum atomic E-state index is -0.454. The van der Waals surface area contributed by atoms with Crippen LogP contribution in [0.3, 0.4) is 0 Å². The number of aliphatic hydroxyl groups is 1. The molecule has 0 aromatic heterocycles. The van der Waals surface area contributed by atoms with Crippen LogP contribution < -0.4 is 0 Å². The number of hydrogen-bond acceptors (Lipinski definition) is 2. The smallest absolute Gasteiger partial charge is 0.0934 e. The van der Waals surface area contributed by atoms with Gasteiger partial charge in [-0.3, -0.25) is 0 Å². The molecule has 0 spiro atoms. The third-order valence-electron chi connectivity index (χ3n) is 3.72. The lowest BCUT2D eigenvalue weighted by atomic mass is 9.86. The molecule has 0 aliphatic rings. The standard InChI is InChI=1S/C15H24O2/c1-5-15(6-2,17-4)14(16)11-13-9-7-8-12(3)10-13/h7-10,14,16H,5-6,11H2,1-4H3. The van der Waals surface area contributed by atoms with Crippen LogP contribution in [0.1, 0.15) is 37.8 Å². The normalized spacial score (nSPS) is 13.7. The fraction of sp³-hybridized carbons (Fsp3) is 0.600. The maximum Gasteiger partial charge on any atom is 0.0934 e. The Morgan fingerprint density at radius 1 is 1.29 bits per heavy atom. The molecule has 0 fully saturated rings. The number of ether oxygens (including phenoxy) is 1. The molecule has 1 rings (SSSR count). The quantitative estimate of drug-likeness (QED) is 0.822. The molecule has 0 radical (unpaired) electrons. The van der Waals surface area contributed by atoms with Gasteiger partial charge in [0.1, 0.15) is 0 Å². The molecule has 1 aromatic rings. The number of aryl methyl sites for hydroxylation is 1. The topological polar surface area (TPSA) is 29.5 Å². The summed E-state index contributed by atoms with van der Waals surface area (Å²) in [5.74, 6) is 0. The molecule has 0 saturated carbocycles. The van der Waals surface area contributed by atoms with Gasteiger partial charge in [-0.25, -0.2) is 0 Å². The van der Waals surface area contributed by atoms with Crippen LogP contribution in [0, 0.1) is 6.92 Å². The van der Waals surface area contributed by atoms with Gasteiger partial charge in [-0.05, 0) is 25.3 Å². The predicted molar refractivity (Wildman–Crippen MR) is 71.2 cm³/mol. The van der Waals surface area contributed by atoms with E-state index in [4.69, 9.17) is 4.74 Å². The van der Waals surface area contributed by atoms with Gasteiger partial charge in [0, 0.05) is 13.5 Å². The van der Waals surface area contributed by atoms with Gasteiger partial charge in [-0.2, -0.15) is 0 Å². The number of aliphatic hydroxyl groups excluding tert-OH is 1. The van der Waals surface area contributed by atoms with E-state index < -0.39 is 11.7 Å². The maximum absolute atomic E-state index is 10.4. The SMILES string of the molecule is CCC(CC)(OC)C(O)Cc1cccc(C)c1. The average Bonchev–Trinajstić information content (AvgIpc) is 2.32. The first-order valence-electron chi connectivity index (χ1n) is 6.36. The molecule has 0 heterocycles. The Labute approximate surface area is 105 Å². The highest BCUT2D eigenvalue weighted by atomic mass is 16.5. The van der Waals surface area contributed by atoms with Crippen LogP contribution in [0.25, 0.3) is 0 Å². The summed E-state index contributed by atoms with van der Waals surface area (Å²) in [4.78, 5) is 0. The lowest BCUT2D eigenvalue weighted by molar-refractivity contribution is -0.106. The van der Waals surface area contributed by atoms with E-state index in [1.807, 2.05) is 6.07 Å². The summed E-state index contributed by atoms with van der Waals surface area (Å²) in [6.07, 6.45) is 1.85. The largest absolute Gasteiger partial charge is 0.390 e. The second-order valence-corrected chi connectivity index (χ2v) is 4.68. The van der Waals surface area contributed by atoms with Gasteiger partial charge in [-0.15, -0.1) is 0 Å². The molecular weight excluding hydrogens is 212 g/mol. The van der Waals surface area contributed by atoms with Crippen molar-refractivity contribution >= 4 is 0 Å². The first kappa shape index (κ1) is 14.2. The second kappa shape index (κ2) is 6.18. The first-order chi connectivity index (χ1) is 8.07. The second-order valence-electron chi connectivity index (χ2n) is 4.68. The molecule has 1 aromatic carbocycles. The summed E-state index contributed by atoms with van der Waals surface area (Å²) >= 11 is 0. The lowest BCUT2D eigenvalue weighted by Crippen LogP contribution is -2.44. The monoisotopic (exact) mass is 236 g/mol. The van der Waals surface area contributed by atoms with Crippen LogP contribution in [-0.4, -0.2) is 23.9 Å². The van der Waals surface area contributed by atoms with Gasteiger partial charge in [0.25, 0.3) is 0 Å². The van der Waals surface area contributed by atoms with Crippen molar-refractivity contribution < 1.29 is 9.84 Å². The molecule has 0 saturated heterocycles. The Morgan fingerprint density at radius 2 is 1.94 bits per heavy atom. The molecular formula is C15H24O2. The van der Waals surface area contributed by atoms with E-state index in [-0.39, 0.29) is 0 Å². The summed E-state index contributed by atoms with van der Waals surface area (Å²) in [6.45, 7) is 6.19. The highest BCUT2D eigenvalue weighted by Gasteiger charge is 2.34. The Hall–Kier alpha value is -0.860. The fourth-order valence-electron chi connectivity index (χ4n) is 2.39. The molecule has 0 aliphatic carbocycles. The van der Waals surface area contributed by atoms with E-state index in [0.29, 0.717) is 6.42 Å². The molecule has 0 amide bonds. The van der Waals surface area contributed by atoms with Crippen molar-refractivity contribution in [2.75, 3.05) is 7.11 Å². The maximum atomic E-state index is 10.4. The summed E-state index contributed by atoms with van der Waals surface area (Å²) in [5, 5.41) is 10.4. The Balaban J connectivity index is 2.80. The predicted octanol–water partition coefficient (Wildman–Crippen LogP) is 3.10. The molecule has 1 N–H and O–H groups in total. The number of methoxy groups -OCH3 is 1. The third-order valence-corrected chi connectivity index (χ3v) is 3.72. The van der Waals surface area contributed by atoms with Crippen LogP contribution >= 0.6 is 0 Å². The summed E-state index contributed by atoms with van der Waals surface area (Å²) in [5.41, 5.74) is 1.98. The minimum Gasteiger partial charge on any atom is -0.390 e. The average molecular weight is 236 g/mol. The molecule has 96 valence electrons. The van der Waals surface area contributed by atoms with Gasteiger partial charge in [0.15, 0.2) is 0 Å². The highest BCUT2D eigenvalue weighted by molar-refractivity contribution is 5.23. The first-order valence-corrected chi connectivity index (χ1v) is 6.36. The van der Waals surface area contributed by atoms with E-state index in [9.17, 15) is 5.11 Å². The van der Waals surface area contributed by atoms with Crippen molar-refractivity contribution in [3.63, 3.8) is 0 Å². The number of rotatable bonds is 6. The zero-order chi connectivity index (χ0) is 12.9. The van der Waals surface area contributed by atoms with Crippen molar-refractivity contribution in [3.8, 4) is 0 Å². The van der Waals surface area contributed by atoms with E-state index in [2.05, 4.69) is 39.0 Å². The van der Waals surface area contributed by atoms with Gasteiger partial charge < -0.3 is 9.84 Å². The van der Waals surface area contributed by atoms with Crippen LogP contribution in [0.4, 0.5) is 0 Å². The minimum absolute atomic E-state index is 0.413. The number of hydrogen-bond donors (Lipinski definition) is 1. The Kier molecular flexibility index (Phi) is 5.16. The van der Waals surface area contributed by atoms with Crippen molar-refractivity contribution in [1.82, 2.24) is 0 Å². The summed E-state index contributed by atoms with van der Waals surface area (Å²) < 4.78 is 5.55. The molecule has 17 heavy (non-hydrogen) atoms. The van der Waals surface area contributed by atoms with Crippen molar-refractivity contribution in [2.45, 2.75) is 51.7 Å². The Morgan fingerprint density at radius 3 is 2.41 bits per heavy atom. The van der Waals surface area contributed by atoms with Crippen molar-refractivity contribution in [2.24, 2.45) is 0 Å². The van der Waals surface area contributed by atoms with Gasteiger partial charge in [-0.1, -0.05) is 43.7 Å². The van der Waals surface area contributed by atoms with Gasteiger partial charge >= 0.3 is 0 Å². The molecule has 1 atom stereocenters. The zero-order valence-corrected chi connectivity index (χ0v) is 11.4.